The van der Waals surface area contributed by atoms with E-state index in [1.165, 1.54) is 103 Å². The maximum atomic E-state index is 12.2. The highest BCUT2D eigenvalue weighted by Crippen LogP contribution is 2.14. The molecule has 0 aromatic heterocycles. The van der Waals surface area contributed by atoms with Gasteiger partial charge >= 0.3 is 0 Å². The Morgan fingerprint density at radius 1 is 0.794 bits per heavy atom. The lowest BCUT2D eigenvalue weighted by atomic mass is 10.0. The molecule has 7 nitrogen and oxygen atoms in total. The first kappa shape index (κ1) is 33.2. The molecule has 202 valence electrons. The largest absolute Gasteiger partial charge is 0.353 e. The Morgan fingerprint density at radius 2 is 1.24 bits per heavy atom. The lowest BCUT2D eigenvalue weighted by Crippen LogP contribution is -2.48. The van der Waals surface area contributed by atoms with Gasteiger partial charge in [0.15, 0.2) is 0 Å². The van der Waals surface area contributed by atoms with Crippen LogP contribution in [-0.4, -0.2) is 54.6 Å². The summed E-state index contributed by atoms with van der Waals surface area (Å²) in [5.74, 6) is 0.0806. The Balaban J connectivity index is 3.60. The van der Waals surface area contributed by atoms with Crippen molar-refractivity contribution in [3.63, 3.8) is 0 Å². The molecule has 0 radical (unpaired) electrons. The number of hydrogen-bond donors (Lipinski definition) is 3. The molecule has 34 heavy (non-hydrogen) atoms. The predicted molar refractivity (Wildman–Crippen MR) is 144 cm³/mol. The molecule has 0 rings (SSSR count). The monoisotopic (exact) mass is 522 g/mol. The Hall–Kier alpha value is -0.800. The summed E-state index contributed by atoms with van der Waals surface area (Å²) in [6.07, 6.45) is 21.3. The molecule has 0 spiro atoms. The van der Waals surface area contributed by atoms with Crippen molar-refractivity contribution in [3.05, 3.63) is 0 Å². The van der Waals surface area contributed by atoms with Crippen LogP contribution in [0.4, 0.5) is 0 Å². The standard InChI is InChI=1S/C25H50N2O5S2/c1-3-4-5-6-7-8-9-10-11-12-13-14-15-16-17-18-20-33-22-24(27-23(2)28)25(29)26-19-21-34(30,31)32/h24H,3-22H2,1-2H3,(H,26,29)(H,27,28)(H,30,31,32)/t24-/m0/s1. The van der Waals surface area contributed by atoms with E-state index in [4.69, 9.17) is 4.55 Å². The number of hydrogen-bond acceptors (Lipinski definition) is 5. The van der Waals surface area contributed by atoms with Gasteiger partial charge in [-0.1, -0.05) is 103 Å². The molecular formula is C25H50N2O5S2. The second kappa shape index (κ2) is 22.7. The van der Waals surface area contributed by atoms with Gasteiger partial charge in [-0.25, -0.2) is 0 Å². The SMILES string of the molecule is CCCCCCCCCCCCCCCCCCSC[C@H](NC(C)=O)C(=O)NCCS(=O)(=O)O. The summed E-state index contributed by atoms with van der Waals surface area (Å²) in [5.41, 5.74) is 0. The minimum atomic E-state index is -4.12. The molecule has 0 bridgehead atoms. The Bertz CT molecular complexity index is 614. The van der Waals surface area contributed by atoms with Crippen LogP contribution in [0.25, 0.3) is 0 Å². The third-order valence-corrected chi connectivity index (χ3v) is 7.65. The zero-order chi connectivity index (χ0) is 25.5. The number of amides is 2. The van der Waals surface area contributed by atoms with Gasteiger partial charge < -0.3 is 10.6 Å². The number of carbonyl (C=O) groups excluding carboxylic acids is 2. The molecule has 0 aromatic rings. The van der Waals surface area contributed by atoms with E-state index in [2.05, 4.69) is 17.6 Å². The van der Waals surface area contributed by atoms with E-state index in [-0.39, 0.29) is 12.5 Å². The molecule has 0 aliphatic rings. The smallest absolute Gasteiger partial charge is 0.266 e. The van der Waals surface area contributed by atoms with Crippen molar-refractivity contribution in [2.75, 3.05) is 23.8 Å². The average molecular weight is 523 g/mol. The van der Waals surface area contributed by atoms with Crippen molar-refractivity contribution in [2.45, 2.75) is 123 Å². The molecule has 0 unspecified atom stereocenters. The van der Waals surface area contributed by atoms with Gasteiger partial charge in [-0.3, -0.25) is 14.1 Å². The van der Waals surface area contributed by atoms with E-state index >= 15 is 0 Å². The summed E-state index contributed by atoms with van der Waals surface area (Å²) >= 11 is 1.61. The van der Waals surface area contributed by atoms with Gasteiger partial charge in [-0.05, 0) is 12.2 Å². The zero-order valence-corrected chi connectivity index (χ0v) is 23.2. The highest BCUT2D eigenvalue weighted by atomic mass is 32.2. The fourth-order valence-electron chi connectivity index (χ4n) is 3.81. The highest BCUT2D eigenvalue weighted by Gasteiger charge is 2.19. The molecule has 0 fully saturated rings. The topological polar surface area (TPSA) is 113 Å². The van der Waals surface area contributed by atoms with Crippen LogP contribution in [0.3, 0.4) is 0 Å². The van der Waals surface area contributed by atoms with Crippen LogP contribution in [-0.2, 0) is 19.7 Å². The van der Waals surface area contributed by atoms with E-state index in [0.717, 1.165) is 12.2 Å². The summed E-state index contributed by atoms with van der Waals surface area (Å²) in [7, 11) is -4.12. The second-order valence-electron chi connectivity index (χ2n) is 9.21. The maximum absolute atomic E-state index is 12.2. The average Bonchev–Trinajstić information content (AvgIpc) is 2.76. The third-order valence-electron chi connectivity index (χ3n) is 5.78. The van der Waals surface area contributed by atoms with Crippen molar-refractivity contribution in [1.29, 1.82) is 0 Å². The van der Waals surface area contributed by atoms with Crippen LogP contribution >= 0.6 is 11.8 Å². The third kappa shape index (κ3) is 24.3. The Morgan fingerprint density at radius 3 is 1.65 bits per heavy atom. The number of carbonyl (C=O) groups is 2. The summed E-state index contributed by atoms with van der Waals surface area (Å²) in [4.78, 5) is 23.5. The van der Waals surface area contributed by atoms with Crippen molar-refractivity contribution < 1.29 is 22.6 Å². The van der Waals surface area contributed by atoms with Crippen molar-refractivity contribution in [3.8, 4) is 0 Å². The Kier molecular flexibility index (Phi) is 22.1. The van der Waals surface area contributed by atoms with E-state index < -0.39 is 27.8 Å². The minimum Gasteiger partial charge on any atom is -0.353 e. The molecule has 9 heteroatoms. The highest BCUT2D eigenvalue weighted by molar-refractivity contribution is 7.99. The quantitative estimate of drug-likeness (QED) is 0.114. The van der Waals surface area contributed by atoms with Crippen LogP contribution in [0.2, 0.25) is 0 Å². The van der Waals surface area contributed by atoms with Crippen LogP contribution < -0.4 is 10.6 Å². The molecular weight excluding hydrogens is 472 g/mol. The van der Waals surface area contributed by atoms with Crippen LogP contribution in [0, 0.1) is 0 Å². The van der Waals surface area contributed by atoms with Gasteiger partial charge in [0, 0.05) is 19.2 Å². The fraction of sp³-hybridized carbons (Fsp3) is 0.920. The van der Waals surface area contributed by atoms with E-state index in [1.807, 2.05) is 0 Å². The lowest BCUT2D eigenvalue weighted by molar-refractivity contribution is -0.127. The molecule has 0 saturated carbocycles. The van der Waals surface area contributed by atoms with Gasteiger partial charge in [-0.15, -0.1) is 0 Å². The molecule has 0 aliphatic carbocycles. The Labute approximate surface area is 213 Å². The summed E-state index contributed by atoms with van der Waals surface area (Å²) in [6, 6.07) is -0.704. The first-order valence-electron chi connectivity index (χ1n) is 13.3. The maximum Gasteiger partial charge on any atom is 0.266 e. The minimum absolute atomic E-state index is 0.183. The summed E-state index contributed by atoms with van der Waals surface area (Å²) in [6.45, 7) is 3.43. The second-order valence-corrected chi connectivity index (χ2v) is 11.9. The first-order chi connectivity index (χ1) is 16.3. The number of nitrogens with one attached hydrogen (secondary N) is 2. The number of unbranched alkanes of at least 4 members (excludes halogenated alkanes) is 15. The molecule has 0 aliphatic heterocycles. The van der Waals surface area contributed by atoms with Crippen LogP contribution in [0.5, 0.6) is 0 Å². The summed E-state index contributed by atoms with van der Waals surface area (Å²) < 4.78 is 30.2. The normalized spacial score (nSPS) is 12.4. The van der Waals surface area contributed by atoms with E-state index in [1.54, 1.807) is 11.8 Å². The predicted octanol–water partition coefficient (Wildman–Crippen LogP) is 5.49. The molecule has 1 atom stereocenters. The van der Waals surface area contributed by atoms with E-state index in [9.17, 15) is 18.0 Å². The van der Waals surface area contributed by atoms with Crippen LogP contribution in [0.1, 0.15) is 117 Å². The number of rotatable bonds is 24. The van der Waals surface area contributed by atoms with E-state index in [0.29, 0.717) is 5.75 Å². The molecule has 2 amide bonds. The van der Waals surface area contributed by atoms with Crippen LogP contribution in [0.15, 0.2) is 0 Å². The van der Waals surface area contributed by atoms with Crippen molar-refractivity contribution in [1.82, 2.24) is 10.6 Å². The molecule has 0 heterocycles. The molecule has 0 aromatic carbocycles. The van der Waals surface area contributed by atoms with Gasteiger partial charge in [-0.2, -0.15) is 20.2 Å². The number of thioether (sulfide) groups is 1. The van der Waals surface area contributed by atoms with Gasteiger partial charge in [0.25, 0.3) is 10.1 Å². The molecule has 3 N–H and O–H groups in total. The summed E-state index contributed by atoms with van der Waals surface area (Å²) in [5, 5.41) is 5.05. The fourth-order valence-corrected chi connectivity index (χ4v) is 5.21. The molecule has 0 saturated heterocycles. The lowest BCUT2D eigenvalue weighted by Gasteiger charge is -2.17. The van der Waals surface area contributed by atoms with Gasteiger partial charge in [0.1, 0.15) is 6.04 Å². The van der Waals surface area contributed by atoms with Crippen molar-refractivity contribution >= 4 is 33.7 Å². The zero-order valence-electron chi connectivity index (χ0n) is 21.6. The first-order valence-corrected chi connectivity index (χ1v) is 16.1. The van der Waals surface area contributed by atoms with Gasteiger partial charge in [0.2, 0.25) is 11.8 Å². The van der Waals surface area contributed by atoms with Crippen molar-refractivity contribution in [2.24, 2.45) is 0 Å². The van der Waals surface area contributed by atoms with Gasteiger partial charge in [0.05, 0.1) is 5.75 Å².